The molecule has 112 valence electrons. The van der Waals surface area contributed by atoms with E-state index in [9.17, 15) is 0 Å². The Morgan fingerprint density at radius 2 is 1.84 bits per heavy atom. The normalized spacial score (nSPS) is 36.3. The third-order valence-electron chi connectivity index (χ3n) is 5.35. The van der Waals surface area contributed by atoms with Crippen molar-refractivity contribution in [1.82, 2.24) is 15.2 Å². The molecule has 2 atom stereocenters. The molecule has 1 aliphatic heterocycles. The second-order valence-corrected chi connectivity index (χ2v) is 6.93. The lowest BCUT2D eigenvalue weighted by Crippen LogP contribution is -2.54. The molecular formula is C15H32N4. The molecule has 1 aliphatic carbocycles. The van der Waals surface area contributed by atoms with Gasteiger partial charge in [-0.05, 0) is 45.2 Å². The van der Waals surface area contributed by atoms with Gasteiger partial charge in [-0.2, -0.15) is 0 Å². The van der Waals surface area contributed by atoms with Crippen LogP contribution in [-0.2, 0) is 0 Å². The molecule has 0 spiro atoms. The van der Waals surface area contributed by atoms with Gasteiger partial charge in [0.25, 0.3) is 0 Å². The lowest BCUT2D eigenvalue weighted by Gasteiger charge is -2.41. The van der Waals surface area contributed by atoms with E-state index in [0.29, 0.717) is 12.1 Å². The molecule has 4 heteroatoms. The first-order valence-electron chi connectivity index (χ1n) is 7.95. The second kappa shape index (κ2) is 7.02. The van der Waals surface area contributed by atoms with Gasteiger partial charge < -0.3 is 9.80 Å². The van der Waals surface area contributed by atoms with E-state index in [1.54, 1.807) is 0 Å². The number of nitrogens with zero attached hydrogens (tertiary/aromatic N) is 2. The summed E-state index contributed by atoms with van der Waals surface area (Å²) in [6, 6.07) is 1.14. The largest absolute Gasteiger partial charge is 0.304 e. The predicted octanol–water partition coefficient (Wildman–Crippen LogP) is 1.28. The van der Waals surface area contributed by atoms with Gasteiger partial charge >= 0.3 is 0 Å². The molecule has 2 fully saturated rings. The fourth-order valence-corrected chi connectivity index (χ4v) is 3.73. The maximum atomic E-state index is 5.85. The number of nitrogens with two attached hydrogens (primary N) is 1. The molecule has 2 aliphatic rings. The first kappa shape index (κ1) is 15.2. The molecule has 0 amide bonds. The molecule has 2 unspecified atom stereocenters. The highest BCUT2D eigenvalue weighted by Crippen LogP contribution is 2.32. The summed E-state index contributed by atoms with van der Waals surface area (Å²) in [6.07, 6.45) is 6.65. The molecule has 0 bridgehead atoms. The third kappa shape index (κ3) is 4.15. The number of nitrogens with one attached hydrogen (secondary N) is 1. The van der Waals surface area contributed by atoms with Gasteiger partial charge in [-0.15, -0.1) is 0 Å². The minimum absolute atomic E-state index is 0.492. The summed E-state index contributed by atoms with van der Waals surface area (Å²) in [5.74, 6) is 7.55. The van der Waals surface area contributed by atoms with Crippen LogP contribution >= 0.6 is 0 Å². The van der Waals surface area contributed by atoms with Gasteiger partial charge in [0.1, 0.15) is 0 Å². The van der Waals surface area contributed by atoms with Crippen molar-refractivity contribution in [2.45, 2.75) is 51.1 Å². The lowest BCUT2D eigenvalue weighted by atomic mass is 9.77. The van der Waals surface area contributed by atoms with Crippen molar-refractivity contribution in [1.29, 1.82) is 0 Å². The van der Waals surface area contributed by atoms with Gasteiger partial charge in [-0.25, -0.2) is 0 Å². The monoisotopic (exact) mass is 268 g/mol. The molecule has 0 aromatic carbocycles. The smallest absolute Gasteiger partial charge is 0.0254 e. The van der Waals surface area contributed by atoms with Gasteiger partial charge in [-0.1, -0.05) is 19.8 Å². The highest BCUT2D eigenvalue weighted by atomic mass is 15.3. The highest BCUT2D eigenvalue weighted by molar-refractivity contribution is 4.87. The van der Waals surface area contributed by atoms with Crippen LogP contribution in [-0.4, -0.2) is 55.6 Å². The van der Waals surface area contributed by atoms with Crippen LogP contribution in [0, 0.1) is 11.8 Å². The van der Waals surface area contributed by atoms with Crippen molar-refractivity contribution in [2.75, 3.05) is 33.7 Å². The van der Waals surface area contributed by atoms with Gasteiger partial charge in [0, 0.05) is 31.7 Å². The maximum absolute atomic E-state index is 5.85. The molecule has 3 N–H and O–H groups in total. The lowest BCUT2D eigenvalue weighted by molar-refractivity contribution is 0.0887. The van der Waals surface area contributed by atoms with Crippen LogP contribution in [0.5, 0.6) is 0 Å². The number of hydrazine groups is 1. The van der Waals surface area contributed by atoms with E-state index >= 15 is 0 Å². The van der Waals surface area contributed by atoms with Crippen LogP contribution in [0.4, 0.5) is 0 Å². The Balaban J connectivity index is 1.87. The van der Waals surface area contributed by atoms with Crippen LogP contribution in [0.25, 0.3) is 0 Å². The zero-order valence-electron chi connectivity index (χ0n) is 12.9. The van der Waals surface area contributed by atoms with E-state index in [1.807, 2.05) is 0 Å². The van der Waals surface area contributed by atoms with Crippen LogP contribution in [0.1, 0.15) is 39.0 Å². The van der Waals surface area contributed by atoms with Crippen molar-refractivity contribution in [3.05, 3.63) is 0 Å². The van der Waals surface area contributed by atoms with Crippen LogP contribution < -0.4 is 11.3 Å². The quantitative estimate of drug-likeness (QED) is 0.595. The Hall–Kier alpha value is -0.160. The number of hydrogen-bond donors (Lipinski definition) is 2. The third-order valence-corrected chi connectivity index (χ3v) is 5.35. The minimum Gasteiger partial charge on any atom is -0.304 e. The van der Waals surface area contributed by atoms with Crippen molar-refractivity contribution in [3.8, 4) is 0 Å². The topological polar surface area (TPSA) is 44.5 Å². The predicted molar refractivity (Wildman–Crippen MR) is 80.8 cm³/mol. The standard InChI is InChI=1S/C15H32N4/c1-12-4-6-13(7-5-12)15(17-16)10-14-11-18(2)8-9-19(14)3/h12-15,17H,4-11,16H2,1-3H3. The summed E-state index contributed by atoms with van der Waals surface area (Å²) in [4.78, 5) is 4.96. The highest BCUT2D eigenvalue weighted by Gasteiger charge is 2.30. The number of likely N-dealkylation sites (N-methyl/N-ethyl adjacent to an activating group) is 2. The average Bonchev–Trinajstić information content (AvgIpc) is 2.41. The maximum Gasteiger partial charge on any atom is 0.0254 e. The van der Waals surface area contributed by atoms with E-state index in [-0.39, 0.29) is 0 Å². The summed E-state index contributed by atoms with van der Waals surface area (Å²) < 4.78 is 0. The zero-order valence-corrected chi connectivity index (χ0v) is 12.9. The molecule has 2 rings (SSSR count). The van der Waals surface area contributed by atoms with Crippen molar-refractivity contribution < 1.29 is 0 Å². The summed E-state index contributed by atoms with van der Waals surface area (Å²) >= 11 is 0. The summed E-state index contributed by atoms with van der Waals surface area (Å²) in [7, 11) is 4.49. The molecule has 1 saturated heterocycles. The number of piperazine rings is 1. The van der Waals surface area contributed by atoms with Crippen LogP contribution in [0.2, 0.25) is 0 Å². The fraction of sp³-hybridized carbons (Fsp3) is 1.00. The molecule has 4 nitrogen and oxygen atoms in total. The Morgan fingerprint density at radius 3 is 2.47 bits per heavy atom. The molecule has 1 saturated carbocycles. The van der Waals surface area contributed by atoms with E-state index < -0.39 is 0 Å². The van der Waals surface area contributed by atoms with E-state index in [2.05, 4.69) is 36.2 Å². The molecule has 0 aromatic heterocycles. The Kier molecular flexibility index (Phi) is 5.63. The first-order chi connectivity index (χ1) is 9.10. The molecule has 0 radical (unpaired) electrons. The molecule has 19 heavy (non-hydrogen) atoms. The Labute approximate surface area is 118 Å². The molecule has 0 aromatic rings. The van der Waals surface area contributed by atoms with E-state index in [1.165, 1.54) is 51.7 Å². The van der Waals surface area contributed by atoms with Gasteiger partial charge in [0.05, 0.1) is 0 Å². The van der Waals surface area contributed by atoms with Crippen molar-refractivity contribution >= 4 is 0 Å². The van der Waals surface area contributed by atoms with Gasteiger partial charge in [0.15, 0.2) is 0 Å². The number of hydrogen-bond acceptors (Lipinski definition) is 4. The van der Waals surface area contributed by atoms with Gasteiger partial charge in [0.2, 0.25) is 0 Å². The summed E-state index contributed by atoms with van der Waals surface area (Å²) in [5.41, 5.74) is 3.12. The van der Waals surface area contributed by atoms with Crippen LogP contribution in [0.3, 0.4) is 0 Å². The fourth-order valence-electron chi connectivity index (χ4n) is 3.73. The summed E-state index contributed by atoms with van der Waals surface area (Å²) in [6.45, 7) is 5.93. The summed E-state index contributed by atoms with van der Waals surface area (Å²) in [5, 5.41) is 0. The molecular weight excluding hydrogens is 236 g/mol. The second-order valence-electron chi connectivity index (χ2n) is 6.93. The number of rotatable bonds is 4. The van der Waals surface area contributed by atoms with Crippen LogP contribution in [0.15, 0.2) is 0 Å². The average molecular weight is 268 g/mol. The van der Waals surface area contributed by atoms with E-state index in [0.717, 1.165) is 11.8 Å². The Bertz CT molecular complexity index is 263. The van der Waals surface area contributed by atoms with E-state index in [4.69, 9.17) is 5.84 Å². The first-order valence-corrected chi connectivity index (χ1v) is 7.95. The Morgan fingerprint density at radius 1 is 1.16 bits per heavy atom. The van der Waals surface area contributed by atoms with Crippen molar-refractivity contribution in [2.24, 2.45) is 17.7 Å². The van der Waals surface area contributed by atoms with Crippen molar-refractivity contribution in [3.63, 3.8) is 0 Å². The zero-order chi connectivity index (χ0) is 13.8. The molecule has 1 heterocycles. The minimum atomic E-state index is 0.492. The van der Waals surface area contributed by atoms with Gasteiger partial charge in [-0.3, -0.25) is 11.3 Å². The SMILES string of the molecule is CC1CCC(C(CC2CN(C)CCN2C)NN)CC1.